The molecular weight excluding hydrogens is 277 g/mol. The first-order valence-corrected chi connectivity index (χ1v) is 6.85. The first kappa shape index (κ1) is 15.0. The lowest BCUT2D eigenvalue weighted by molar-refractivity contribution is 0.275. The molecular formula is C16H17ClFNO. The summed E-state index contributed by atoms with van der Waals surface area (Å²) in [5.74, 6) is -0.376. The molecule has 0 amide bonds. The van der Waals surface area contributed by atoms with Crippen LogP contribution < -0.4 is 5.32 Å². The van der Waals surface area contributed by atoms with Gasteiger partial charge in [0.05, 0.1) is 6.61 Å². The van der Waals surface area contributed by atoms with E-state index in [4.69, 9.17) is 16.7 Å². The highest BCUT2D eigenvalue weighted by Crippen LogP contribution is 2.18. The Morgan fingerprint density at radius 2 is 2.05 bits per heavy atom. The summed E-state index contributed by atoms with van der Waals surface area (Å²) in [7, 11) is 0. The quantitative estimate of drug-likeness (QED) is 0.878. The monoisotopic (exact) mass is 293 g/mol. The molecule has 2 aromatic carbocycles. The van der Waals surface area contributed by atoms with Gasteiger partial charge in [-0.15, -0.1) is 0 Å². The van der Waals surface area contributed by atoms with E-state index in [0.29, 0.717) is 17.1 Å². The van der Waals surface area contributed by atoms with Gasteiger partial charge in [-0.1, -0.05) is 29.8 Å². The summed E-state index contributed by atoms with van der Waals surface area (Å²) in [5.41, 5.74) is 2.35. The SMILES string of the molecule is CC(NCc1ccc(F)c(CO)c1)c1cccc(Cl)c1. The van der Waals surface area contributed by atoms with E-state index in [2.05, 4.69) is 5.32 Å². The van der Waals surface area contributed by atoms with Gasteiger partial charge in [0.1, 0.15) is 5.82 Å². The summed E-state index contributed by atoms with van der Waals surface area (Å²) in [6.45, 7) is 2.35. The van der Waals surface area contributed by atoms with Crippen LogP contribution in [-0.4, -0.2) is 5.11 Å². The second kappa shape index (κ2) is 6.84. The van der Waals surface area contributed by atoms with Crippen LogP contribution in [0.4, 0.5) is 4.39 Å². The molecule has 20 heavy (non-hydrogen) atoms. The maximum Gasteiger partial charge on any atom is 0.128 e. The van der Waals surface area contributed by atoms with E-state index in [9.17, 15) is 4.39 Å². The molecule has 106 valence electrons. The van der Waals surface area contributed by atoms with Crippen molar-refractivity contribution in [1.29, 1.82) is 0 Å². The van der Waals surface area contributed by atoms with Crippen molar-refractivity contribution in [3.63, 3.8) is 0 Å². The maximum atomic E-state index is 13.3. The first-order chi connectivity index (χ1) is 9.60. The summed E-state index contributed by atoms with van der Waals surface area (Å²) in [6, 6.07) is 12.6. The lowest BCUT2D eigenvalue weighted by Crippen LogP contribution is -2.18. The lowest BCUT2D eigenvalue weighted by Gasteiger charge is -2.15. The smallest absolute Gasteiger partial charge is 0.128 e. The Bertz CT molecular complexity index is 588. The number of hydrogen-bond donors (Lipinski definition) is 2. The summed E-state index contributed by atoms with van der Waals surface area (Å²) in [5, 5.41) is 13.1. The lowest BCUT2D eigenvalue weighted by atomic mass is 10.1. The predicted octanol–water partition coefficient (Wildman–Crippen LogP) is 3.82. The fraction of sp³-hybridized carbons (Fsp3) is 0.250. The van der Waals surface area contributed by atoms with Crippen LogP contribution >= 0.6 is 11.6 Å². The van der Waals surface area contributed by atoms with Gasteiger partial charge in [-0.05, 0) is 42.3 Å². The third-order valence-electron chi connectivity index (χ3n) is 3.24. The molecule has 0 radical (unpaired) electrons. The summed E-state index contributed by atoms with van der Waals surface area (Å²) in [4.78, 5) is 0. The molecule has 0 bridgehead atoms. The van der Waals surface area contributed by atoms with Gasteiger partial charge in [0, 0.05) is 23.2 Å². The Balaban J connectivity index is 2.01. The van der Waals surface area contributed by atoms with Crippen LogP contribution in [0.2, 0.25) is 5.02 Å². The van der Waals surface area contributed by atoms with E-state index in [1.54, 1.807) is 12.1 Å². The molecule has 0 fully saturated rings. The van der Waals surface area contributed by atoms with Crippen LogP contribution in [-0.2, 0) is 13.2 Å². The number of nitrogens with one attached hydrogen (secondary N) is 1. The minimum Gasteiger partial charge on any atom is -0.392 e. The third kappa shape index (κ3) is 3.79. The van der Waals surface area contributed by atoms with Gasteiger partial charge in [-0.3, -0.25) is 0 Å². The fourth-order valence-electron chi connectivity index (χ4n) is 2.02. The molecule has 0 spiro atoms. The molecule has 0 saturated carbocycles. The minimum absolute atomic E-state index is 0.135. The van der Waals surface area contributed by atoms with Gasteiger partial charge in [0.15, 0.2) is 0 Å². The first-order valence-electron chi connectivity index (χ1n) is 6.47. The highest BCUT2D eigenvalue weighted by Gasteiger charge is 2.07. The third-order valence-corrected chi connectivity index (χ3v) is 3.48. The molecule has 0 aliphatic carbocycles. The van der Waals surface area contributed by atoms with E-state index in [-0.39, 0.29) is 18.5 Å². The molecule has 2 nitrogen and oxygen atoms in total. The standard InChI is InChI=1S/C16H17ClFNO/c1-11(13-3-2-4-15(17)8-13)19-9-12-5-6-16(18)14(7-12)10-20/h2-8,11,19-20H,9-10H2,1H3. The van der Waals surface area contributed by atoms with Crippen LogP contribution in [0.15, 0.2) is 42.5 Å². The number of aliphatic hydroxyl groups is 1. The summed E-state index contributed by atoms with van der Waals surface area (Å²) < 4.78 is 13.3. The average molecular weight is 294 g/mol. The second-order valence-electron chi connectivity index (χ2n) is 4.74. The van der Waals surface area contributed by atoms with Crippen molar-refractivity contribution in [3.05, 3.63) is 70.0 Å². The van der Waals surface area contributed by atoms with Gasteiger partial charge in [0.25, 0.3) is 0 Å². The van der Waals surface area contributed by atoms with Crippen molar-refractivity contribution in [2.24, 2.45) is 0 Å². The molecule has 0 aromatic heterocycles. The topological polar surface area (TPSA) is 32.3 Å². The number of aliphatic hydroxyl groups excluding tert-OH is 1. The highest BCUT2D eigenvalue weighted by atomic mass is 35.5. The van der Waals surface area contributed by atoms with Gasteiger partial charge < -0.3 is 10.4 Å². The van der Waals surface area contributed by atoms with E-state index in [1.807, 2.05) is 31.2 Å². The zero-order chi connectivity index (χ0) is 14.5. The molecule has 1 atom stereocenters. The van der Waals surface area contributed by atoms with E-state index in [0.717, 1.165) is 11.1 Å². The van der Waals surface area contributed by atoms with Gasteiger partial charge >= 0.3 is 0 Å². The number of benzene rings is 2. The predicted molar refractivity (Wildman–Crippen MR) is 79.0 cm³/mol. The molecule has 2 N–H and O–H groups in total. The van der Waals surface area contributed by atoms with Crippen molar-refractivity contribution >= 4 is 11.6 Å². The van der Waals surface area contributed by atoms with Gasteiger partial charge in [-0.25, -0.2) is 4.39 Å². The molecule has 0 saturated heterocycles. The molecule has 2 aromatic rings. The highest BCUT2D eigenvalue weighted by molar-refractivity contribution is 6.30. The zero-order valence-corrected chi connectivity index (χ0v) is 12.0. The summed E-state index contributed by atoms with van der Waals surface area (Å²) in [6.07, 6.45) is 0. The molecule has 4 heteroatoms. The number of hydrogen-bond acceptors (Lipinski definition) is 2. The zero-order valence-electron chi connectivity index (χ0n) is 11.2. The maximum absolute atomic E-state index is 13.3. The Morgan fingerprint density at radius 1 is 1.25 bits per heavy atom. The molecule has 1 unspecified atom stereocenters. The van der Waals surface area contributed by atoms with Gasteiger partial charge in [0.2, 0.25) is 0 Å². The minimum atomic E-state index is -0.376. The largest absolute Gasteiger partial charge is 0.392 e. The molecule has 0 aliphatic heterocycles. The Hall–Kier alpha value is -1.42. The Morgan fingerprint density at radius 3 is 2.75 bits per heavy atom. The fourth-order valence-corrected chi connectivity index (χ4v) is 2.22. The Kier molecular flexibility index (Phi) is 5.12. The van der Waals surface area contributed by atoms with Crippen molar-refractivity contribution in [2.45, 2.75) is 26.1 Å². The van der Waals surface area contributed by atoms with Crippen LogP contribution in [0, 0.1) is 5.82 Å². The van der Waals surface area contributed by atoms with Crippen LogP contribution in [0.5, 0.6) is 0 Å². The number of rotatable bonds is 5. The van der Waals surface area contributed by atoms with E-state index < -0.39 is 0 Å². The van der Waals surface area contributed by atoms with Crippen molar-refractivity contribution in [2.75, 3.05) is 0 Å². The van der Waals surface area contributed by atoms with Crippen LogP contribution in [0.3, 0.4) is 0 Å². The average Bonchev–Trinajstić information content (AvgIpc) is 2.46. The second-order valence-corrected chi connectivity index (χ2v) is 5.18. The van der Waals surface area contributed by atoms with E-state index in [1.165, 1.54) is 6.07 Å². The molecule has 2 rings (SSSR count). The molecule has 0 heterocycles. The van der Waals surface area contributed by atoms with Crippen LogP contribution in [0.25, 0.3) is 0 Å². The van der Waals surface area contributed by atoms with E-state index >= 15 is 0 Å². The molecule has 0 aliphatic rings. The van der Waals surface area contributed by atoms with Crippen molar-refractivity contribution in [1.82, 2.24) is 5.32 Å². The number of halogens is 2. The van der Waals surface area contributed by atoms with Crippen LogP contribution in [0.1, 0.15) is 29.7 Å². The van der Waals surface area contributed by atoms with Gasteiger partial charge in [-0.2, -0.15) is 0 Å². The van der Waals surface area contributed by atoms with Crippen molar-refractivity contribution in [3.8, 4) is 0 Å². The normalized spacial score (nSPS) is 12.4. The summed E-state index contributed by atoms with van der Waals surface area (Å²) >= 11 is 5.97. The van der Waals surface area contributed by atoms with Crippen molar-refractivity contribution < 1.29 is 9.50 Å². The Labute approximate surface area is 123 Å².